The second-order valence-electron chi connectivity index (χ2n) is 11.9. The van der Waals surface area contributed by atoms with Gasteiger partial charge in [-0.1, -0.05) is 91.9 Å². The highest BCUT2D eigenvalue weighted by Gasteiger charge is 2.36. The molecule has 0 fully saturated rings. The van der Waals surface area contributed by atoms with E-state index in [-0.39, 0.29) is 23.4 Å². The number of nitrogens with zero attached hydrogens (tertiary/aromatic N) is 2. The van der Waals surface area contributed by atoms with Crippen LogP contribution in [-0.4, -0.2) is 43.3 Å². The minimum Gasteiger partial charge on any atom is -0.350 e. The monoisotopic (exact) mass is 629 g/mol. The summed E-state index contributed by atoms with van der Waals surface area (Å²) in [5, 5.41) is 2.98. The van der Waals surface area contributed by atoms with Crippen molar-refractivity contribution < 1.29 is 22.4 Å². The molecular weight excluding hydrogens is 589 g/mol. The number of anilines is 1. The summed E-state index contributed by atoms with van der Waals surface area (Å²) < 4.78 is 44.5. The molecule has 0 spiro atoms. The molecule has 4 aromatic carbocycles. The van der Waals surface area contributed by atoms with E-state index in [4.69, 9.17) is 0 Å². The normalized spacial score (nSPS) is 12.3. The van der Waals surface area contributed by atoms with Gasteiger partial charge >= 0.3 is 0 Å². The van der Waals surface area contributed by atoms with E-state index in [2.05, 4.69) is 5.32 Å². The average Bonchev–Trinajstić information content (AvgIpc) is 3.02. The number of carbonyl (C=O) groups is 2. The smallest absolute Gasteiger partial charge is 0.264 e. The number of amides is 2. The van der Waals surface area contributed by atoms with E-state index in [0.717, 1.165) is 15.4 Å². The number of hydrogen-bond donors (Lipinski definition) is 1. The molecule has 7 nitrogen and oxygen atoms in total. The van der Waals surface area contributed by atoms with E-state index in [1.165, 1.54) is 23.1 Å². The van der Waals surface area contributed by atoms with Crippen molar-refractivity contribution in [3.63, 3.8) is 0 Å². The van der Waals surface area contributed by atoms with Crippen LogP contribution in [0, 0.1) is 5.82 Å². The molecule has 9 heteroatoms. The van der Waals surface area contributed by atoms with E-state index >= 15 is 4.39 Å². The molecule has 1 N–H and O–H groups in total. The highest BCUT2D eigenvalue weighted by Crippen LogP contribution is 2.28. The third-order valence-corrected chi connectivity index (χ3v) is 9.09. The predicted octanol–water partition coefficient (Wildman–Crippen LogP) is 6.14. The Morgan fingerprint density at radius 2 is 1.36 bits per heavy atom. The molecule has 4 aromatic rings. The molecule has 0 saturated carbocycles. The Kier molecular flexibility index (Phi) is 10.8. The fraction of sp³-hybridized carbons (Fsp3) is 0.278. The van der Waals surface area contributed by atoms with Crippen molar-refractivity contribution in [2.24, 2.45) is 0 Å². The molecule has 0 aliphatic carbocycles. The van der Waals surface area contributed by atoms with E-state index in [1.54, 1.807) is 48.5 Å². The summed E-state index contributed by atoms with van der Waals surface area (Å²) >= 11 is 0. The van der Waals surface area contributed by atoms with Crippen LogP contribution in [0.15, 0.2) is 114 Å². The van der Waals surface area contributed by atoms with Crippen LogP contribution in [0.4, 0.5) is 10.1 Å². The van der Waals surface area contributed by atoms with Gasteiger partial charge < -0.3 is 10.2 Å². The third-order valence-electron chi connectivity index (χ3n) is 7.32. The van der Waals surface area contributed by atoms with E-state index in [1.807, 2.05) is 70.2 Å². The highest BCUT2D eigenvalue weighted by molar-refractivity contribution is 7.92. The molecule has 0 unspecified atom stereocenters. The number of sulfonamides is 1. The van der Waals surface area contributed by atoms with Gasteiger partial charge in [-0.25, -0.2) is 12.8 Å². The maximum absolute atomic E-state index is 15.1. The number of aryl methyl sites for hydroxylation is 1. The van der Waals surface area contributed by atoms with Gasteiger partial charge in [-0.3, -0.25) is 13.9 Å². The van der Waals surface area contributed by atoms with Gasteiger partial charge in [0.25, 0.3) is 10.0 Å². The molecule has 0 heterocycles. The Balaban J connectivity index is 1.85. The number of nitrogens with one attached hydrogen (secondary N) is 1. The number of hydrogen-bond acceptors (Lipinski definition) is 4. The largest absolute Gasteiger partial charge is 0.350 e. The lowest BCUT2D eigenvalue weighted by atomic mass is 10.0. The topological polar surface area (TPSA) is 86.8 Å². The summed E-state index contributed by atoms with van der Waals surface area (Å²) in [6, 6.07) is 29.2. The van der Waals surface area contributed by atoms with Crippen LogP contribution < -0.4 is 9.62 Å². The minimum atomic E-state index is -4.22. The highest BCUT2D eigenvalue weighted by atomic mass is 32.2. The maximum atomic E-state index is 15.1. The molecule has 0 aliphatic rings. The van der Waals surface area contributed by atoms with Crippen molar-refractivity contribution in [1.29, 1.82) is 0 Å². The Labute approximate surface area is 265 Å². The van der Waals surface area contributed by atoms with Gasteiger partial charge in [-0.05, 0) is 62.6 Å². The fourth-order valence-electron chi connectivity index (χ4n) is 5.10. The summed E-state index contributed by atoms with van der Waals surface area (Å²) in [4.78, 5) is 29.8. The zero-order valence-corrected chi connectivity index (χ0v) is 26.9. The SMILES string of the molecule is CCc1ccccc1N(CC(=O)N(Cc1ccccc1F)[C@@H](Cc1ccccc1)C(=O)NC(C)(C)C)S(=O)(=O)c1ccccc1. The van der Waals surface area contributed by atoms with Gasteiger partial charge in [-0.2, -0.15) is 0 Å². The Bertz CT molecular complexity index is 1710. The van der Waals surface area contributed by atoms with Gasteiger partial charge in [0, 0.05) is 24.1 Å². The molecule has 0 aromatic heterocycles. The quantitative estimate of drug-likeness (QED) is 0.204. The molecule has 236 valence electrons. The van der Waals surface area contributed by atoms with Crippen molar-refractivity contribution >= 4 is 27.5 Å². The van der Waals surface area contributed by atoms with Crippen molar-refractivity contribution in [2.75, 3.05) is 10.8 Å². The van der Waals surface area contributed by atoms with E-state index < -0.39 is 45.8 Å². The van der Waals surface area contributed by atoms with Gasteiger partial charge in [0.1, 0.15) is 18.4 Å². The van der Waals surface area contributed by atoms with E-state index in [0.29, 0.717) is 12.1 Å². The van der Waals surface area contributed by atoms with Crippen LogP contribution in [0.25, 0.3) is 0 Å². The first-order valence-electron chi connectivity index (χ1n) is 14.9. The standard InChI is InChI=1S/C36H40FN3O4S/c1-5-28-18-13-15-23-32(28)40(45(43,44)30-20-10-7-11-21-30)26-34(41)39(25-29-19-12-14-22-31(29)37)33(35(42)38-36(2,3)4)24-27-16-8-6-9-17-27/h6-23,33H,5,24-26H2,1-4H3,(H,38,42)/t33-/m0/s1. The third kappa shape index (κ3) is 8.57. The summed E-state index contributed by atoms with van der Waals surface area (Å²) in [5.74, 6) is -1.61. The fourth-order valence-corrected chi connectivity index (χ4v) is 6.58. The van der Waals surface area contributed by atoms with Crippen LogP contribution in [0.5, 0.6) is 0 Å². The molecule has 0 saturated heterocycles. The summed E-state index contributed by atoms with van der Waals surface area (Å²) in [5.41, 5.74) is 1.47. The molecule has 0 aliphatic heterocycles. The average molecular weight is 630 g/mol. The summed E-state index contributed by atoms with van der Waals surface area (Å²) in [7, 11) is -4.22. The van der Waals surface area contributed by atoms with Gasteiger partial charge in [0.15, 0.2) is 0 Å². The predicted molar refractivity (Wildman–Crippen MR) is 176 cm³/mol. The van der Waals surface area contributed by atoms with Crippen LogP contribution >= 0.6 is 0 Å². The zero-order valence-electron chi connectivity index (χ0n) is 26.1. The molecule has 0 bridgehead atoms. The molecule has 4 rings (SSSR count). The molecule has 1 atom stereocenters. The second-order valence-corrected chi connectivity index (χ2v) is 13.7. The number of carbonyl (C=O) groups excluding carboxylic acids is 2. The summed E-state index contributed by atoms with van der Waals surface area (Å²) in [6.07, 6.45) is 0.661. The molecule has 0 radical (unpaired) electrons. The van der Waals surface area contributed by atoms with Crippen LogP contribution in [0.3, 0.4) is 0 Å². The lowest BCUT2D eigenvalue weighted by molar-refractivity contribution is -0.140. The van der Waals surface area contributed by atoms with Gasteiger partial charge in [0.2, 0.25) is 11.8 Å². The first-order chi connectivity index (χ1) is 21.4. The van der Waals surface area contributed by atoms with Gasteiger partial charge in [-0.15, -0.1) is 0 Å². The first-order valence-corrected chi connectivity index (χ1v) is 16.4. The lowest BCUT2D eigenvalue weighted by Gasteiger charge is -2.35. The van der Waals surface area contributed by atoms with Crippen LogP contribution in [0.1, 0.15) is 44.4 Å². The van der Waals surface area contributed by atoms with Crippen molar-refractivity contribution in [2.45, 2.75) is 63.6 Å². The molecule has 45 heavy (non-hydrogen) atoms. The minimum absolute atomic E-state index is 0.0238. The van der Waals surface area contributed by atoms with E-state index in [9.17, 15) is 18.0 Å². The molecule has 2 amide bonds. The Morgan fingerprint density at radius 3 is 1.96 bits per heavy atom. The Morgan fingerprint density at radius 1 is 0.800 bits per heavy atom. The van der Waals surface area contributed by atoms with Gasteiger partial charge in [0.05, 0.1) is 10.6 Å². The number of rotatable bonds is 12. The first kappa shape index (κ1) is 33.4. The number of halogens is 1. The number of para-hydroxylation sites is 1. The van der Waals surface area contributed by atoms with Crippen LogP contribution in [-0.2, 0) is 39.0 Å². The van der Waals surface area contributed by atoms with Crippen molar-refractivity contribution in [3.05, 3.63) is 132 Å². The number of benzene rings is 4. The molecular formula is C36H40FN3O4S. The van der Waals surface area contributed by atoms with Crippen molar-refractivity contribution in [3.8, 4) is 0 Å². The second kappa shape index (κ2) is 14.5. The zero-order chi connectivity index (χ0) is 32.6. The van der Waals surface area contributed by atoms with Crippen LogP contribution in [0.2, 0.25) is 0 Å². The summed E-state index contributed by atoms with van der Waals surface area (Å²) in [6.45, 7) is 6.58. The van der Waals surface area contributed by atoms with Crippen molar-refractivity contribution in [1.82, 2.24) is 10.2 Å². The lowest BCUT2D eigenvalue weighted by Crippen LogP contribution is -2.56. The Hall–Kier alpha value is -4.50. The maximum Gasteiger partial charge on any atom is 0.264 e.